The van der Waals surface area contributed by atoms with E-state index in [1.807, 2.05) is 4.90 Å². The number of nitrogens with one attached hydrogen (secondary N) is 1. The van der Waals surface area contributed by atoms with Gasteiger partial charge in [0.2, 0.25) is 0 Å². The summed E-state index contributed by atoms with van der Waals surface area (Å²) in [5, 5.41) is 38.7. The summed E-state index contributed by atoms with van der Waals surface area (Å²) in [5.74, 6) is -0.563. The third kappa shape index (κ3) is 21.3. The van der Waals surface area contributed by atoms with E-state index < -0.39 is 17.9 Å². The van der Waals surface area contributed by atoms with Gasteiger partial charge in [0.15, 0.2) is 17.1 Å². The van der Waals surface area contributed by atoms with Crippen molar-refractivity contribution in [2.75, 3.05) is 141 Å². The van der Waals surface area contributed by atoms with Crippen molar-refractivity contribution in [1.82, 2.24) is 49.9 Å². The minimum atomic E-state index is -1.04. The van der Waals surface area contributed by atoms with Crippen molar-refractivity contribution in [1.29, 1.82) is 0 Å². The van der Waals surface area contributed by atoms with Crippen LogP contribution < -0.4 is 34.0 Å². The fourth-order valence-corrected chi connectivity index (χ4v) is 6.03. The topological polar surface area (TPSA) is 286 Å². The van der Waals surface area contributed by atoms with Crippen molar-refractivity contribution in [3.63, 3.8) is 0 Å². The Morgan fingerprint density at radius 3 is 1.37 bits per heavy atom. The van der Waals surface area contributed by atoms with Crippen molar-refractivity contribution in [2.45, 2.75) is 21.3 Å². The van der Waals surface area contributed by atoms with Crippen LogP contribution in [0.3, 0.4) is 0 Å². The molecule has 3 aliphatic heterocycles. The van der Waals surface area contributed by atoms with E-state index in [2.05, 4.69) is 54.8 Å². The molecule has 0 amide bonds. The van der Waals surface area contributed by atoms with Crippen LogP contribution in [0.5, 0.6) is 0 Å². The molecule has 0 aliphatic carbocycles. The minimum absolute atomic E-state index is 0. The molecule has 0 atom stereocenters. The summed E-state index contributed by atoms with van der Waals surface area (Å²) in [6, 6.07) is 4.52. The van der Waals surface area contributed by atoms with E-state index in [4.69, 9.17) is 41.5 Å². The molecule has 3 aromatic rings. The first-order valence-electron chi connectivity index (χ1n) is 19.5. The zero-order valence-corrected chi connectivity index (χ0v) is 35.9. The number of hydrogen-bond acceptors (Lipinski definition) is 21. The fourth-order valence-electron chi connectivity index (χ4n) is 5.88. The van der Waals surface area contributed by atoms with Crippen molar-refractivity contribution in [3.05, 3.63) is 59.4 Å². The number of aliphatic hydroxyl groups excluding tert-OH is 3. The van der Waals surface area contributed by atoms with Crippen LogP contribution in [-0.4, -0.2) is 220 Å². The van der Waals surface area contributed by atoms with Crippen LogP contribution in [0.25, 0.3) is 0 Å². The number of carbonyl (C=O) groups is 3. The number of carboxylic acids is 1. The maximum Gasteiger partial charge on any atom is 1.00 e. The molecule has 0 spiro atoms. The average Bonchev–Trinajstić information content (AvgIpc) is 3.26. The van der Waals surface area contributed by atoms with E-state index in [0.29, 0.717) is 38.7 Å². The van der Waals surface area contributed by atoms with Crippen molar-refractivity contribution in [3.8, 4) is 0 Å². The Bertz CT molecular complexity index is 1690. The molecular formula is C38H62ClLiN12O10. The van der Waals surface area contributed by atoms with Gasteiger partial charge in [-0.3, -0.25) is 14.7 Å². The molecule has 24 heteroatoms. The summed E-state index contributed by atoms with van der Waals surface area (Å²) >= 11 is 5.53. The number of aromatic carboxylic acids is 1. The molecule has 0 radical (unpaired) electrons. The fraction of sp³-hybridized carbons (Fsp3) is 0.605. The first-order chi connectivity index (χ1) is 28.6. The van der Waals surface area contributed by atoms with Gasteiger partial charge < -0.3 is 50.5 Å². The Kier molecular flexibility index (Phi) is 31.1. The standard InChI is InChI=1S/C13H20N4O3.C11H16N4O3.C7H7ClN2O2.C6H14N2O.CH4.Li.H2O/c1-2-20-13(19)11-9-12(15-10-14-11)17-5-3-16(4-6-17)7-8-18;16-6-5-14-1-3-15(4-2-14)10-7-9(11(17)18)12-8-13-10;1-2-12-7(11)5-3-6(8)10-4-9-5;9-6-5-8-3-1-7-2-4-8;;;/h9-10,18H,2-8H2,1H3;7-8,16H,1-6H2,(H,17,18);3-4H,2H2,1H3;7,9H,1-6H2;1H4;;1H2/q;;;;;+1;/p-1. The molecule has 342 valence electrons. The number of aromatic nitrogens is 6. The van der Waals surface area contributed by atoms with Crippen LogP contribution in [0.4, 0.5) is 11.6 Å². The number of carbonyl (C=O) groups excluding carboxylic acids is 2. The van der Waals surface area contributed by atoms with Gasteiger partial charge in [-0.15, -0.1) is 0 Å². The maximum absolute atomic E-state index is 11.6. The van der Waals surface area contributed by atoms with Gasteiger partial charge in [-0.1, -0.05) is 19.0 Å². The number of β-amino-alcohol motifs (C(OH)–C–C–N with tert-alkyl or cyclic N) is 3. The van der Waals surface area contributed by atoms with Crippen molar-refractivity contribution >= 4 is 41.1 Å². The third-order valence-corrected chi connectivity index (χ3v) is 9.18. The van der Waals surface area contributed by atoms with Crippen LogP contribution >= 0.6 is 11.6 Å². The zero-order chi connectivity index (χ0) is 42.8. The van der Waals surface area contributed by atoms with E-state index in [1.165, 1.54) is 31.1 Å². The molecule has 0 aromatic carbocycles. The van der Waals surface area contributed by atoms with Crippen LogP contribution in [0.15, 0.2) is 37.2 Å². The van der Waals surface area contributed by atoms with E-state index in [9.17, 15) is 14.4 Å². The molecule has 0 unspecified atom stereocenters. The summed E-state index contributed by atoms with van der Waals surface area (Å²) in [4.78, 5) is 67.5. The van der Waals surface area contributed by atoms with Crippen LogP contribution in [0, 0.1) is 0 Å². The Hall–Kier alpha value is -4.18. The van der Waals surface area contributed by atoms with Gasteiger partial charge in [-0.2, -0.15) is 0 Å². The second kappa shape index (κ2) is 33.4. The number of anilines is 2. The Labute approximate surface area is 380 Å². The molecule has 3 aliphatic rings. The number of halogens is 1. The Balaban J connectivity index is 0.000000818. The second-order valence-corrected chi connectivity index (χ2v) is 13.3. The summed E-state index contributed by atoms with van der Waals surface area (Å²) in [6.45, 7) is 17.9. The quantitative estimate of drug-likeness (QED) is 0.0639. The predicted octanol–water partition coefficient (Wildman–Crippen LogP) is -3.29. The monoisotopic (exact) mass is 888 g/mol. The van der Waals surface area contributed by atoms with Crippen LogP contribution in [-0.2, 0) is 9.47 Å². The molecule has 6 heterocycles. The summed E-state index contributed by atoms with van der Waals surface area (Å²) < 4.78 is 9.63. The largest absolute Gasteiger partial charge is 1.00 e. The average molecular weight is 889 g/mol. The number of nitrogens with zero attached hydrogens (tertiary/aromatic N) is 11. The SMILES string of the molecule is C.CCOC(=O)c1cc(Cl)ncn1.CCOC(=O)c1cc(N2CCN(CCO)CC2)ncn1.O=C(O)c1cc(N2CCN(CCO)CC2)ncn1.OCCN1CCNCC1.[Li+].[OH-]. The van der Waals surface area contributed by atoms with Crippen LogP contribution in [0.1, 0.15) is 52.7 Å². The zero-order valence-electron chi connectivity index (χ0n) is 35.2. The number of carboxylic acid groups (broad SMARTS) is 1. The molecule has 6 N–H and O–H groups in total. The molecule has 3 aromatic heterocycles. The van der Waals surface area contributed by atoms with E-state index in [-0.39, 0.29) is 67.2 Å². The predicted molar refractivity (Wildman–Crippen MR) is 227 cm³/mol. The van der Waals surface area contributed by atoms with Gasteiger partial charge in [0.05, 0.1) is 33.0 Å². The van der Waals surface area contributed by atoms with Crippen molar-refractivity contribution in [2.24, 2.45) is 0 Å². The maximum atomic E-state index is 11.6. The van der Waals surface area contributed by atoms with Gasteiger partial charge >= 0.3 is 36.8 Å². The molecule has 3 fully saturated rings. The number of ether oxygens (including phenoxy) is 2. The van der Waals surface area contributed by atoms with E-state index in [1.54, 1.807) is 19.9 Å². The molecule has 3 saturated heterocycles. The third-order valence-electron chi connectivity index (χ3n) is 8.98. The molecule has 0 bridgehead atoms. The van der Waals surface area contributed by atoms with Gasteiger partial charge in [-0.05, 0) is 13.8 Å². The number of hydrogen-bond donors (Lipinski definition) is 5. The van der Waals surface area contributed by atoms with E-state index in [0.717, 1.165) is 90.9 Å². The number of piperazine rings is 3. The Morgan fingerprint density at radius 2 is 0.984 bits per heavy atom. The second-order valence-electron chi connectivity index (χ2n) is 12.9. The van der Waals surface area contributed by atoms with E-state index >= 15 is 0 Å². The smallest absolute Gasteiger partial charge is 0.870 e. The van der Waals surface area contributed by atoms with Gasteiger partial charge in [0.25, 0.3) is 0 Å². The number of rotatable bonds is 13. The van der Waals surface area contributed by atoms with Gasteiger partial charge in [-0.25, -0.2) is 44.3 Å². The molecule has 22 nitrogen and oxygen atoms in total. The Morgan fingerprint density at radius 1 is 0.613 bits per heavy atom. The summed E-state index contributed by atoms with van der Waals surface area (Å²) in [6.07, 6.45) is 3.88. The first-order valence-corrected chi connectivity index (χ1v) is 19.9. The number of aliphatic hydroxyl groups is 3. The molecular weight excluding hydrogens is 827 g/mol. The van der Waals surface area contributed by atoms with Crippen molar-refractivity contribution < 1.29 is 68.6 Å². The normalized spacial score (nSPS) is 15.2. The minimum Gasteiger partial charge on any atom is -0.870 e. The molecule has 0 saturated carbocycles. The summed E-state index contributed by atoms with van der Waals surface area (Å²) in [7, 11) is 0. The van der Waals surface area contributed by atoms with Crippen LogP contribution in [0.2, 0.25) is 5.15 Å². The summed E-state index contributed by atoms with van der Waals surface area (Å²) in [5.41, 5.74) is 0.476. The van der Waals surface area contributed by atoms with Gasteiger partial charge in [0.1, 0.15) is 35.8 Å². The first kappa shape index (κ1) is 57.8. The number of esters is 2. The molecule has 62 heavy (non-hydrogen) atoms. The molecule has 6 rings (SSSR count). The van der Waals surface area contributed by atoms with Gasteiger partial charge in [0, 0.05) is 116 Å².